The summed E-state index contributed by atoms with van der Waals surface area (Å²) in [4.78, 5) is 20.8. The Morgan fingerprint density at radius 3 is 2.43 bits per heavy atom. The second-order valence-electron chi connectivity index (χ2n) is 7.93. The number of rotatable bonds is 5. The van der Waals surface area contributed by atoms with Crippen LogP contribution in [0.1, 0.15) is 34.2 Å². The predicted molar refractivity (Wildman–Crippen MR) is 117 cm³/mol. The number of aryl methyl sites for hydroxylation is 2. The quantitative estimate of drug-likeness (QED) is 0.477. The van der Waals surface area contributed by atoms with Crippen molar-refractivity contribution in [1.82, 2.24) is 18.9 Å². The summed E-state index contributed by atoms with van der Waals surface area (Å²) in [5.74, 6) is 0.927. The Bertz CT molecular complexity index is 1200. The highest BCUT2D eigenvalue weighted by molar-refractivity contribution is 5.99. The van der Waals surface area contributed by atoms with Gasteiger partial charge in [0.05, 0.1) is 29.9 Å². The number of aromatic nitrogens is 3. The third-order valence-electron chi connectivity index (χ3n) is 6.13. The van der Waals surface area contributed by atoms with Crippen LogP contribution in [-0.2, 0) is 11.8 Å². The molecule has 1 saturated heterocycles. The van der Waals surface area contributed by atoms with Gasteiger partial charge in [0.25, 0.3) is 0 Å². The second-order valence-corrected chi connectivity index (χ2v) is 7.93. The molecule has 3 heterocycles. The van der Waals surface area contributed by atoms with Gasteiger partial charge in [-0.2, -0.15) is 0 Å². The van der Waals surface area contributed by atoms with Crippen molar-refractivity contribution in [1.29, 1.82) is 0 Å². The number of benzene rings is 2. The van der Waals surface area contributed by atoms with Gasteiger partial charge in [-0.1, -0.05) is 42.5 Å². The molecular weight excluding hydrogens is 376 g/mol. The van der Waals surface area contributed by atoms with E-state index in [0.717, 1.165) is 35.6 Å². The van der Waals surface area contributed by atoms with Crippen LogP contribution in [0.15, 0.2) is 54.6 Å². The molecule has 1 fully saturated rings. The van der Waals surface area contributed by atoms with E-state index in [0.29, 0.717) is 25.3 Å². The van der Waals surface area contributed by atoms with Gasteiger partial charge in [0.1, 0.15) is 5.69 Å². The molecule has 4 aromatic rings. The molecule has 0 spiro atoms. The maximum Gasteiger partial charge on any atom is 0.215 e. The zero-order valence-corrected chi connectivity index (χ0v) is 17.4. The summed E-state index contributed by atoms with van der Waals surface area (Å²) in [6, 6.07) is 18.5. The molecule has 30 heavy (non-hydrogen) atoms. The number of imidazole rings is 2. The first-order valence-corrected chi connectivity index (χ1v) is 10.5. The Kier molecular flexibility index (Phi) is 4.89. The van der Waals surface area contributed by atoms with Gasteiger partial charge in [0.2, 0.25) is 5.78 Å². The minimum atomic E-state index is 0.0301. The molecule has 0 N–H and O–H groups in total. The number of morpholine rings is 1. The standard InChI is InChI=1S/C24H26N4O2/c1-17-23(28-20-11-7-6-10-19(20)26(2)24(28)25-17)22(29)16-21(18-8-4-3-5-9-18)27-12-14-30-15-13-27/h3-11,21H,12-16H2,1-2H3. The molecule has 0 amide bonds. The van der Waals surface area contributed by atoms with E-state index in [1.807, 2.05) is 48.7 Å². The summed E-state index contributed by atoms with van der Waals surface area (Å²) >= 11 is 0. The van der Waals surface area contributed by atoms with Gasteiger partial charge in [-0.25, -0.2) is 4.98 Å². The van der Waals surface area contributed by atoms with Crippen molar-refractivity contribution in [2.75, 3.05) is 26.3 Å². The van der Waals surface area contributed by atoms with Crippen LogP contribution in [0.3, 0.4) is 0 Å². The monoisotopic (exact) mass is 402 g/mol. The van der Waals surface area contributed by atoms with Crippen molar-refractivity contribution < 1.29 is 9.53 Å². The molecular formula is C24H26N4O2. The molecule has 1 aliphatic heterocycles. The van der Waals surface area contributed by atoms with Crippen molar-refractivity contribution in [3.63, 3.8) is 0 Å². The van der Waals surface area contributed by atoms with Crippen LogP contribution in [0.2, 0.25) is 0 Å². The first-order valence-electron chi connectivity index (χ1n) is 10.5. The van der Waals surface area contributed by atoms with Crippen LogP contribution >= 0.6 is 0 Å². The topological polar surface area (TPSA) is 51.8 Å². The average Bonchev–Trinajstić information content (AvgIpc) is 3.27. The molecule has 1 unspecified atom stereocenters. The van der Waals surface area contributed by atoms with Crippen LogP contribution in [0.4, 0.5) is 0 Å². The Labute approximate surface area is 175 Å². The number of Topliss-reactive ketones (excluding diaryl/α,β-unsaturated/α-hetero) is 1. The smallest absolute Gasteiger partial charge is 0.215 e. The van der Waals surface area contributed by atoms with E-state index < -0.39 is 0 Å². The highest BCUT2D eigenvalue weighted by Gasteiger charge is 2.28. The van der Waals surface area contributed by atoms with Crippen LogP contribution in [0.5, 0.6) is 0 Å². The van der Waals surface area contributed by atoms with Crippen molar-refractivity contribution >= 4 is 22.6 Å². The fourth-order valence-corrected chi connectivity index (χ4v) is 4.63. The highest BCUT2D eigenvalue weighted by atomic mass is 16.5. The lowest BCUT2D eigenvalue weighted by Gasteiger charge is -2.34. The molecule has 2 aromatic heterocycles. The van der Waals surface area contributed by atoms with Crippen molar-refractivity contribution in [2.45, 2.75) is 19.4 Å². The number of hydrogen-bond donors (Lipinski definition) is 0. The lowest BCUT2D eigenvalue weighted by Crippen LogP contribution is -2.40. The summed E-state index contributed by atoms with van der Waals surface area (Å²) in [6.45, 7) is 5.01. The fraction of sp³-hybridized carbons (Fsp3) is 0.333. The van der Waals surface area contributed by atoms with Gasteiger partial charge >= 0.3 is 0 Å². The van der Waals surface area contributed by atoms with Crippen LogP contribution in [0, 0.1) is 6.92 Å². The molecule has 1 aliphatic rings. The summed E-state index contributed by atoms with van der Waals surface area (Å²) in [7, 11) is 2.00. The number of carbonyl (C=O) groups is 1. The number of hydrogen-bond acceptors (Lipinski definition) is 4. The number of nitrogens with zero attached hydrogens (tertiary/aromatic N) is 4. The molecule has 5 rings (SSSR count). The molecule has 2 aromatic carbocycles. The van der Waals surface area contributed by atoms with Crippen LogP contribution in [0.25, 0.3) is 16.8 Å². The largest absolute Gasteiger partial charge is 0.379 e. The first kappa shape index (κ1) is 19.0. The fourth-order valence-electron chi connectivity index (χ4n) is 4.63. The van der Waals surface area contributed by atoms with Crippen LogP contribution in [-0.4, -0.2) is 50.9 Å². The summed E-state index contributed by atoms with van der Waals surface area (Å²) in [5.41, 5.74) is 4.73. The van der Waals surface area contributed by atoms with E-state index in [1.165, 1.54) is 5.56 Å². The molecule has 0 aliphatic carbocycles. The summed E-state index contributed by atoms with van der Waals surface area (Å²) in [6.07, 6.45) is 0.419. The maximum atomic E-state index is 13.7. The summed E-state index contributed by atoms with van der Waals surface area (Å²) in [5, 5.41) is 0. The number of fused-ring (bicyclic) bond motifs is 3. The predicted octanol–water partition coefficient (Wildman–Crippen LogP) is 3.78. The van der Waals surface area contributed by atoms with Gasteiger partial charge in [-0.05, 0) is 24.6 Å². The molecule has 0 bridgehead atoms. The molecule has 154 valence electrons. The zero-order valence-electron chi connectivity index (χ0n) is 17.4. The lowest BCUT2D eigenvalue weighted by atomic mass is 9.97. The Morgan fingerprint density at radius 1 is 1.03 bits per heavy atom. The maximum absolute atomic E-state index is 13.7. The van der Waals surface area contributed by atoms with E-state index in [2.05, 4.69) is 33.7 Å². The van der Waals surface area contributed by atoms with E-state index in [1.54, 1.807) is 0 Å². The van der Waals surface area contributed by atoms with E-state index in [-0.39, 0.29) is 11.8 Å². The number of ether oxygens (including phenoxy) is 1. The third kappa shape index (κ3) is 3.13. The molecule has 1 atom stereocenters. The Balaban J connectivity index is 1.57. The minimum Gasteiger partial charge on any atom is -0.379 e. The SMILES string of the molecule is Cc1nc2n(C)c3ccccc3n2c1C(=O)CC(c1ccccc1)N1CCOCC1. The number of carbonyl (C=O) groups excluding carboxylic acids is 1. The van der Waals surface area contributed by atoms with Gasteiger partial charge in [0.15, 0.2) is 5.78 Å². The second kappa shape index (κ2) is 7.70. The van der Waals surface area contributed by atoms with Gasteiger partial charge in [-0.15, -0.1) is 0 Å². The third-order valence-corrected chi connectivity index (χ3v) is 6.13. The molecule has 6 nitrogen and oxygen atoms in total. The highest BCUT2D eigenvalue weighted by Crippen LogP contribution is 2.29. The van der Waals surface area contributed by atoms with Crippen LogP contribution < -0.4 is 0 Å². The zero-order chi connectivity index (χ0) is 20.7. The van der Waals surface area contributed by atoms with Crippen molar-refractivity contribution in [3.8, 4) is 0 Å². The average molecular weight is 402 g/mol. The van der Waals surface area contributed by atoms with Gasteiger partial charge in [-0.3, -0.25) is 14.1 Å². The van der Waals surface area contributed by atoms with Gasteiger partial charge in [0, 0.05) is 32.6 Å². The minimum absolute atomic E-state index is 0.0301. The molecule has 0 saturated carbocycles. The Morgan fingerprint density at radius 2 is 1.70 bits per heavy atom. The number of para-hydroxylation sites is 2. The van der Waals surface area contributed by atoms with E-state index in [9.17, 15) is 4.79 Å². The molecule has 0 radical (unpaired) electrons. The molecule has 6 heteroatoms. The first-order chi connectivity index (χ1) is 14.6. The number of ketones is 1. The summed E-state index contributed by atoms with van der Waals surface area (Å²) < 4.78 is 9.62. The van der Waals surface area contributed by atoms with E-state index >= 15 is 0 Å². The van der Waals surface area contributed by atoms with Crippen molar-refractivity contribution in [2.24, 2.45) is 7.05 Å². The van der Waals surface area contributed by atoms with E-state index in [4.69, 9.17) is 9.72 Å². The van der Waals surface area contributed by atoms with Gasteiger partial charge < -0.3 is 9.30 Å². The van der Waals surface area contributed by atoms with Crippen molar-refractivity contribution in [3.05, 3.63) is 71.5 Å². The normalized spacial score (nSPS) is 16.3. The lowest BCUT2D eigenvalue weighted by molar-refractivity contribution is 0.0145. The Hall–Kier alpha value is -2.96.